The third-order valence-electron chi connectivity index (χ3n) is 15.5. The Morgan fingerprint density at radius 1 is 0.884 bits per heavy atom. The number of aliphatic hydroxyl groups is 3. The van der Waals surface area contributed by atoms with Gasteiger partial charge in [-0.3, -0.25) is 14.4 Å². The molecule has 0 spiro atoms. The molecule has 1 amide bonds. The van der Waals surface area contributed by atoms with Crippen LogP contribution in [0.1, 0.15) is 124 Å². The van der Waals surface area contributed by atoms with Crippen molar-refractivity contribution in [3.63, 3.8) is 0 Å². The van der Waals surface area contributed by atoms with Crippen molar-refractivity contribution >= 4 is 34.2 Å². The summed E-state index contributed by atoms with van der Waals surface area (Å²) in [5.41, 5.74) is 2.42. The van der Waals surface area contributed by atoms with Crippen molar-refractivity contribution in [1.29, 1.82) is 0 Å². The molecule has 14 heteroatoms. The minimum Gasteiger partial charge on any atom is -0.456 e. The van der Waals surface area contributed by atoms with Crippen molar-refractivity contribution in [2.24, 2.45) is 29.6 Å². The molecule has 15 atom stereocenters. The highest BCUT2D eigenvalue weighted by Gasteiger charge is 2.56. The van der Waals surface area contributed by atoms with Crippen molar-refractivity contribution in [3.05, 3.63) is 71.3 Å². The molecule has 382 valence electrons. The molecule has 1 saturated carbocycles. The summed E-state index contributed by atoms with van der Waals surface area (Å²) < 4.78 is 36.7. The fourth-order valence-corrected chi connectivity index (χ4v) is 11.3. The van der Waals surface area contributed by atoms with Crippen LogP contribution in [-0.2, 0) is 47.6 Å². The van der Waals surface area contributed by atoms with Gasteiger partial charge in [-0.15, -0.1) is 0 Å². The number of carbonyl (C=O) groups is 4. The Morgan fingerprint density at radius 2 is 1.58 bits per heavy atom. The predicted octanol–water partition coefficient (Wildman–Crippen LogP) is 7.38. The number of rotatable bonds is 10. The summed E-state index contributed by atoms with van der Waals surface area (Å²) in [6.45, 7) is 11.4. The van der Waals surface area contributed by atoms with E-state index in [2.05, 4.69) is 6.92 Å². The van der Waals surface area contributed by atoms with Gasteiger partial charge >= 0.3 is 5.97 Å². The van der Waals surface area contributed by atoms with Crippen LogP contribution in [0.5, 0.6) is 0 Å². The topological polar surface area (TPSA) is 188 Å². The molecule has 3 heterocycles. The Balaban J connectivity index is 1.26. The number of amides is 1. The van der Waals surface area contributed by atoms with Crippen molar-refractivity contribution in [1.82, 2.24) is 4.90 Å². The van der Waals surface area contributed by atoms with Crippen LogP contribution in [0.15, 0.2) is 65.8 Å². The standard InChI is InChI=1S/C55H79NO13/c1-10-38-24-32(2)23-33(3)25-48(65-8)51-49(66-9)27-35(5)55(63,69-51)52(60)53(61)56-22-14-13-17-42(56)54(62)68-50(36(6)43(57)30-44(38)58)34(4)26-37-18-21-46(47(28-37)64-7)67-31-45(59)41-20-19-39-15-11-12-16-40(39)29-41/h11-12,15-16,19-20,24,26,29,33,35-38,42-43,45-51,57,59,63H,10,13-14,17-18,21-23,25,27-28,30-31H2,1-9H3/b32-24-,34-26+/t33-,35+,36+,37?,38+,42-,43+,45+,46+,47+,48-,49-,50+,51+,55+/m0/s1. The second-order valence-corrected chi connectivity index (χ2v) is 20.6. The molecule has 0 radical (unpaired) electrons. The van der Waals surface area contributed by atoms with Crippen molar-refractivity contribution < 1.29 is 62.9 Å². The van der Waals surface area contributed by atoms with Crippen molar-refractivity contribution in [2.45, 2.75) is 173 Å². The van der Waals surface area contributed by atoms with Crippen LogP contribution in [0.25, 0.3) is 10.8 Å². The number of Topliss-reactive ketones (excluding diaryl/α,β-unsaturated/α-hetero) is 2. The van der Waals surface area contributed by atoms with Crippen LogP contribution in [0.3, 0.4) is 0 Å². The number of hydrogen-bond acceptors (Lipinski definition) is 13. The first kappa shape index (κ1) is 54.5. The molecule has 3 fully saturated rings. The largest absolute Gasteiger partial charge is 0.456 e. The number of benzene rings is 2. The smallest absolute Gasteiger partial charge is 0.329 e. The quantitative estimate of drug-likeness (QED) is 0.122. The van der Waals surface area contributed by atoms with Gasteiger partial charge in [-0.2, -0.15) is 0 Å². The van der Waals surface area contributed by atoms with E-state index in [4.69, 9.17) is 28.4 Å². The molecular weight excluding hydrogens is 883 g/mol. The highest BCUT2D eigenvalue weighted by Crippen LogP contribution is 2.40. The first-order valence-electron chi connectivity index (χ1n) is 25.3. The Kier molecular flexibility index (Phi) is 19.3. The van der Waals surface area contributed by atoms with Crippen molar-refractivity contribution in [2.75, 3.05) is 34.5 Å². The van der Waals surface area contributed by atoms with Gasteiger partial charge in [-0.05, 0) is 118 Å². The molecule has 14 nitrogen and oxygen atoms in total. The van der Waals surface area contributed by atoms with Crippen LogP contribution in [0, 0.1) is 29.6 Å². The molecule has 2 bridgehead atoms. The van der Waals surface area contributed by atoms with E-state index < -0.39 is 83.9 Å². The number of methoxy groups -OCH3 is 3. The number of hydrogen-bond donors (Lipinski definition) is 3. The highest BCUT2D eigenvalue weighted by molar-refractivity contribution is 6.39. The molecule has 0 aromatic heterocycles. The fraction of sp³-hybridized carbons (Fsp3) is 0.673. The van der Waals surface area contributed by atoms with Crippen LogP contribution < -0.4 is 0 Å². The normalized spacial score (nSPS) is 36.5. The summed E-state index contributed by atoms with van der Waals surface area (Å²) in [6, 6.07) is 12.7. The Morgan fingerprint density at radius 3 is 2.28 bits per heavy atom. The first-order chi connectivity index (χ1) is 32.9. The second kappa shape index (κ2) is 24.5. The van der Waals surface area contributed by atoms with E-state index in [9.17, 15) is 34.5 Å². The third kappa shape index (κ3) is 13.0. The molecule has 6 rings (SSSR count). The lowest BCUT2D eigenvalue weighted by molar-refractivity contribution is -0.302. The molecular formula is C55H79NO13. The summed E-state index contributed by atoms with van der Waals surface area (Å²) in [5.74, 6) is -7.65. The average Bonchev–Trinajstić information content (AvgIpc) is 3.35. The Hall–Kier alpha value is -3.86. The summed E-state index contributed by atoms with van der Waals surface area (Å²) >= 11 is 0. The summed E-state index contributed by atoms with van der Waals surface area (Å²) in [6.07, 6.45) is 3.26. The SMILES string of the molecule is CC[C@@H]1/C=C(/C)C[C@H](C)C[C@H](OC)[C@H]2O[C@@](O)(C(=O)C(=O)N3CCCC[C@H]3C(=O)O[C@H](/C(C)=C/C3CC[C@@H](OC[C@@H](O)c4ccc5ccccc5c4)[C@H](OC)C3)[C@H](C)[C@H](O)CC1=O)[C@H](C)C[C@@H]2OC. The van der Waals surface area contributed by atoms with Gasteiger partial charge in [0.25, 0.3) is 11.7 Å². The number of aliphatic hydroxyl groups excluding tert-OH is 2. The number of esters is 1. The van der Waals surface area contributed by atoms with E-state index in [1.54, 1.807) is 21.0 Å². The summed E-state index contributed by atoms with van der Waals surface area (Å²) in [4.78, 5) is 58.6. The van der Waals surface area contributed by atoms with Gasteiger partial charge in [0.05, 0.1) is 37.1 Å². The molecule has 3 N–H and O–H groups in total. The Labute approximate surface area is 409 Å². The first-order valence-corrected chi connectivity index (χ1v) is 25.3. The van der Waals surface area contributed by atoms with E-state index in [0.29, 0.717) is 56.9 Å². The minimum absolute atomic E-state index is 0.0212. The number of fused-ring (bicyclic) bond motifs is 4. The number of piperidine rings is 1. The number of ether oxygens (including phenoxy) is 6. The molecule has 1 unspecified atom stereocenters. The number of ketones is 2. The number of cyclic esters (lactones) is 1. The minimum atomic E-state index is -2.52. The van der Waals surface area contributed by atoms with Gasteiger partial charge in [-0.1, -0.05) is 81.8 Å². The summed E-state index contributed by atoms with van der Waals surface area (Å²) in [5, 5.41) is 37.3. The lowest BCUT2D eigenvalue weighted by Gasteiger charge is -2.47. The zero-order chi connectivity index (χ0) is 50.2. The van der Waals surface area contributed by atoms with Crippen LogP contribution in [0.4, 0.5) is 0 Å². The zero-order valence-corrected chi connectivity index (χ0v) is 42.3. The van der Waals surface area contributed by atoms with Crippen LogP contribution >= 0.6 is 0 Å². The maximum absolute atomic E-state index is 14.6. The van der Waals surface area contributed by atoms with Gasteiger partial charge < -0.3 is 48.6 Å². The second-order valence-electron chi connectivity index (χ2n) is 20.6. The Bertz CT molecular complexity index is 2140. The molecule has 1 aliphatic carbocycles. The highest BCUT2D eigenvalue weighted by atomic mass is 16.7. The van der Waals surface area contributed by atoms with E-state index in [1.807, 2.05) is 75.4 Å². The summed E-state index contributed by atoms with van der Waals surface area (Å²) in [7, 11) is 4.71. The zero-order valence-electron chi connectivity index (χ0n) is 42.3. The number of allylic oxidation sites excluding steroid dienone is 3. The monoisotopic (exact) mass is 962 g/mol. The van der Waals surface area contributed by atoms with Crippen LogP contribution in [-0.4, -0.2) is 133 Å². The van der Waals surface area contributed by atoms with Crippen molar-refractivity contribution in [3.8, 4) is 0 Å². The van der Waals surface area contributed by atoms with Gasteiger partial charge in [0.15, 0.2) is 0 Å². The third-order valence-corrected chi connectivity index (χ3v) is 15.5. The van der Waals surface area contributed by atoms with E-state index in [-0.39, 0.29) is 62.2 Å². The van der Waals surface area contributed by atoms with Gasteiger partial charge in [0.2, 0.25) is 5.79 Å². The van der Waals surface area contributed by atoms with Gasteiger partial charge in [0, 0.05) is 52.0 Å². The maximum Gasteiger partial charge on any atom is 0.329 e. The molecule has 4 aliphatic rings. The van der Waals surface area contributed by atoms with E-state index in [0.717, 1.165) is 21.9 Å². The lowest BCUT2D eigenvalue weighted by Crippen LogP contribution is -2.64. The fourth-order valence-electron chi connectivity index (χ4n) is 11.3. The molecule has 2 aromatic carbocycles. The maximum atomic E-state index is 14.6. The molecule has 69 heavy (non-hydrogen) atoms. The predicted molar refractivity (Wildman–Crippen MR) is 261 cm³/mol. The number of nitrogens with zero attached hydrogens (tertiary/aromatic N) is 1. The van der Waals surface area contributed by atoms with Crippen LogP contribution in [0.2, 0.25) is 0 Å². The van der Waals surface area contributed by atoms with E-state index >= 15 is 0 Å². The lowest BCUT2D eigenvalue weighted by atomic mass is 9.81. The molecule has 2 saturated heterocycles. The molecule has 3 aliphatic heterocycles. The number of carbonyl (C=O) groups excluding carboxylic acids is 4. The molecule has 2 aromatic rings. The average molecular weight is 962 g/mol. The van der Waals surface area contributed by atoms with Gasteiger partial charge in [0.1, 0.15) is 30.1 Å². The van der Waals surface area contributed by atoms with E-state index in [1.165, 1.54) is 19.1 Å². The van der Waals surface area contributed by atoms with Gasteiger partial charge in [-0.25, -0.2) is 4.79 Å².